The summed E-state index contributed by atoms with van der Waals surface area (Å²) >= 11 is 1.65. The summed E-state index contributed by atoms with van der Waals surface area (Å²) in [7, 11) is 0. The molecule has 4 heteroatoms. The molecule has 2 heterocycles. The Labute approximate surface area is 99.4 Å². The Bertz CT molecular complexity index is 457. The number of hydrogen-bond donors (Lipinski definition) is 1. The molecule has 2 aromatic heterocycles. The second kappa shape index (κ2) is 4.31. The van der Waals surface area contributed by atoms with Crippen LogP contribution in [-0.2, 0) is 6.42 Å². The lowest BCUT2D eigenvalue weighted by Gasteiger charge is -2.16. The second-order valence-electron chi connectivity index (χ2n) is 4.55. The van der Waals surface area contributed by atoms with Gasteiger partial charge in [-0.15, -0.1) is 11.3 Å². The SMILES string of the molecule is CC(C)(N)Cc1csc(-c2ccncc2)n1. The Hall–Kier alpha value is -1.26. The van der Waals surface area contributed by atoms with Crippen LogP contribution in [-0.4, -0.2) is 15.5 Å². The van der Waals surface area contributed by atoms with Crippen molar-refractivity contribution in [3.8, 4) is 10.6 Å². The van der Waals surface area contributed by atoms with Crippen molar-refractivity contribution < 1.29 is 0 Å². The highest BCUT2D eigenvalue weighted by atomic mass is 32.1. The zero-order chi connectivity index (χ0) is 11.6. The predicted octanol–water partition coefficient (Wildman–Crippen LogP) is 2.48. The van der Waals surface area contributed by atoms with Crippen molar-refractivity contribution in [2.24, 2.45) is 5.73 Å². The minimum Gasteiger partial charge on any atom is -0.325 e. The summed E-state index contributed by atoms with van der Waals surface area (Å²) in [6.07, 6.45) is 4.36. The first kappa shape index (κ1) is 11.2. The van der Waals surface area contributed by atoms with Gasteiger partial charge >= 0.3 is 0 Å². The number of rotatable bonds is 3. The topological polar surface area (TPSA) is 51.8 Å². The lowest BCUT2D eigenvalue weighted by Crippen LogP contribution is -2.34. The molecule has 0 fully saturated rings. The molecule has 3 nitrogen and oxygen atoms in total. The smallest absolute Gasteiger partial charge is 0.123 e. The van der Waals surface area contributed by atoms with E-state index in [0.29, 0.717) is 0 Å². The van der Waals surface area contributed by atoms with E-state index in [0.717, 1.165) is 22.7 Å². The number of pyridine rings is 1. The summed E-state index contributed by atoms with van der Waals surface area (Å²) in [5, 5.41) is 3.10. The number of thiazole rings is 1. The van der Waals surface area contributed by atoms with Crippen LogP contribution in [0.3, 0.4) is 0 Å². The molecule has 0 bridgehead atoms. The molecule has 2 rings (SSSR count). The number of aromatic nitrogens is 2. The maximum Gasteiger partial charge on any atom is 0.123 e. The molecule has 0 aliphatic carbocycles. The highest BCUT2D eigenvalue weighted by molar-refractivity contribution is 7.13. The van der Waals surface area contributed by atoms with Gasteiger partial charge in [0.2, 0.25) is 0 Å². The molecule has 0 aliphatic heterocycles. The van der Waals surface area contributed by atoms with Crippen LogP contribution < -0.4 is 5.73 Å². The Balaban J connectivity index is 2.21. The zero-order valence-electron chi connectivity index (χ0n) is 9.47. The Morgan fingerprint density at radius 1 is 1.31 bits per heavy atom. The van der Waals surface area contributed by atoms with Gasteiger partial charge in [-0.05, 0) is 26.0 Å². The van der Waals surface area contributed by atoms with Crippen LogP contribution in [0.2, 0.25) is 0 Å². The summed E-state index contributed by atoms with van der Waals surface area (Å²) in [6, 6.07) is 3.94. The van der Waals surface area contributed by atoms with Gasteiger partial charge in [0, 0.05) is 35.3 Å². The van der Waals surface area contributed by atoms with E-state index in [9.17, 15) is 0 Å². The molecule has 0 aliphatic rings. The molecule has 0 atom stereocenters. The molecule has 2 N–H and O–H groups in total. The van der Waals surface area contributed by atoms with Gasteiger partial charge in [0.25, 0.3) is 0 Å². The maximum atomic E-state index is 5.97. The lowest BCUT2D eigenvalue weighted by atomic mass is 10.0. The van der Waals surface area contributed by atoms with E-state index in [-0.39, 0.29) is 5.54 Å². The maximum absolute atomic E-state index is 5.97. The normalized spacial score (nSPS) is 11.7. The standard InChI is InChI=1S/C12H15N3S/c1-12(2,13)7-10-8-16-11(15-10)9-3-5-14-6-4-9/h3-6,8H,7,13H2,1-2H3. The first-order chi connectivity index (χ1) is 7.54. The van der Waals surface area contributed by atoms with E-state index in [1.54, 1.807) is 23.7 Å². The minimum atomic E-state index is -0.205. The van der Waals surface area contributed by atoms with Gasteiger partial charge in [0.1, 0.15) is 5.01 Å². The second-order valence-corrected chi connectivity index (χ2v) is 5.40. The molecule has 0 amide bonds. The molecule has 0 unspecified atom stereocenters. The molecule has 0 aromatic carbocycles. The van der Waals surface area contributed by atoms with Crippen LogP contribution in [0, 0.1) is 0 Å². The third kappa shape index (κ3) is 2.87. The van der Waals surface area contributed by atoms with E-state index < -0.39 is 0 Å². The summed E-state index contributed by atoms with van der Waals surface area (Å²) < 4.78 is 0. The zero-order valence-corrected chi connectivity index (χ0v) is 10.3. The fourth-order valence-electron chi connectivity index (χ4n) is 1.48. The van der Waals surface area contributed by atoms with Gasteiger partial charge in [-0.3, -0.25) is 4.98 Å². The van der Waals surface area contributed by atoms with Crippen LogP contribution in [0.15, 0.2) is 29.9 Å². The van der Waals surface area contributed by atoms with Crippen molar-refractivity contribution in [2.75, 3.05) is 0 Å². The monoisotopic (exact) mass is 233 g/mol. The van der Waals surface area contributed by atoms with Crippen molar-refractivity contribution in [3.63, 3.8) is 0 Å². The number of nitrogens with zero attached hydrogens (tertiary/aromatic N) is 2. The molecule has 84 valence electrons. The molecule has 2 aromatic rings. The van der Waals surface area contributed by atoms with Crippen LogP contribution in [0.25, 0.3) is 10.6 Å². The van der Waals surface area contributed by atoms with E-state index >= 15 is 0 Å². The quantitative estimate of drug-likeness (QED) is 0.886. The van der Waals surface area contributed by atoms with Crippen LogP contribution >= 0.6 is 11.3 Å². The van der Waals surface area contributed by atoms with Crippen LogP contribution in [0.5, 0.6) is 0 Å². The fourth-order valence-corrected chi connectivity index (χ4v) is 2.31. The van der Waals surface area contributed by atoms with Crippen molar-refractivity contribution >= 4 is 11.3 Å². The van der Waals surface area contributed by atoms with E-state index in [4.69, 9.17) is 5.73 Å². The summed E-state index contributed by atoms with van der Waals surface area (Å²) in [5.74, 6) is 0. The number of nitrogens with two attached hydrogens (primary N) is 1. The van der Waals surface area contributed by atoms with Crippen molar-refractivity contribution in [2.45, 2.75) is 25.8 Å². The molecule has 0 saturated carbocycles. The Kier molecular flexibility index (Phi) is 3.03. The van der Waals surface area contributed by atoms with Crippen molar-refractivity contribution in [3.05, 3.63) is 35.6 Å². The average molecular weight is 233 g/mol. The summed E-state index contributed by atoms with van der Waals surface area (Å²) in [5.41, 5.74) is 7.94. The summed E-state index contributed by atoms with van der Waals surface area (Å²) in [6.45, 7) is 4.02. The molecule has 16 heavy (non-hydrogen) atoms. The Morgan fingerprint density at radius 2 is 2.00 bits per heavy atom. The first-order valence-electron chi connectivity index (χ1n) is 5.18. The van der Waals surface area contributed by atoms with Crippen molar-refractivity contribution in [1.82, 2.24) is 9.97 Å². The minimum absolute atomic E-state index is 0.205. The Morgan fingerprint density at radius 3 is 2.62 bits per heavy atom. The van der Waals surface area contributed by atoms with Crippen LogP contribution in [0.4, 0.5) is 0 Å². The van der Waals surface area contributed by atoms with Gasteiger partial charge in [-0.2, -0.15) is 0 Å². The van der Waals surface area contributed by atoms with Gasteiger partial charge in [0.15, 0.2) is 0 Å². The molecular weight excluding hydrogens is 218 g/mol. The third-order valence-corrected chi connectivity index (χ3v) is 3.06. The van der Waals surface area contributed by atoms with E-state index in [1.807, 2.05) is 26.0 Å². The highest BCUT2D eigenvalue weighted by Gasteiger charge is 2.14. The van der Waals surface area contributed by atoms with Gasteiger partial charge in [-0.1, -0.05) is 0 Å². The number of hydrogen-bond acceptors (Lipinski definition) is 4. The van der Waals surface area contributed by atoms with E-state index in [1.165, 1.54) is 0 Å². The van der Waals surface area contributed by atoms with Gasteiger partial charge in [0.05, 0.1) is 5.69 Å². The average Bonchev–Trinajstić information content (AvgIpc) is 2.65. The predicted molar refractivity (Wildman–Crippen MR) is 67.3 cm³/mol. The molecular formula is C12H15N3S. The van der Waals surface area contributed by atoms with Crippen LogP contribution in [0.1, 0.15) is 19.5 Å². The van der Waals surface area contributed by atoms with Gasteiger partial charge in [-0.25, -0.2) is 4.98 Å². The lowest BCUT2D eigenvalue weighted by molar-refractivity contribution is 0.511. The fraction of sp³-hybridized carbons (Fsp3) is 0.333. The molecule has 0 radical (unpaired) electrons. The molecule has 0 spiro atoms. The van der Waals surface area contributed by atoms with E-state index in [2.05, 4.69) is 15.3 Å². The highest BCUT2D eigenvalue weighted by Crippen LogP contribution is 2.24. The third-order valence-electron chi connectivity index (χ3n) is 2.12. The van der Waals surface area contributed by atoms with Crippen molar-refractivity contribution in [1.29, 1.82) is 0 Å². The van der Waals surface area contributed by atoms with Gasteiger partial charge < -0.3 is 5.73 Å². The first-order valence-corrected chi connectivity index (χ1v) is 6.06. The summed E-state index contributed by atoms with van der Waals surface area (Å²) in [4.78, 5) is 8.57. The molecule has 0 saturated heterocycles. The largest absolute Gasteiger partial charge is 0.325 e.